The number of hydrogen-bond acceptors (Lipinski definition) is 4. The van der Waals surface area contributed by atoms with E-state index in [1.54, 1.807) is 13.0 Å². The molecule has 0 bridgehead atoms. The van der Waals surface area contributed by atoms with E-state index in [-0.39, 0.29) is 5.91 Å². The molecule has 0 radical (unpaired) electrons. The molecule has 6 heteroatoms. The molecule has 0 fully saturated rings. The van der Waals surface area contributed by atoms with Gasteiger partial charge in [0.25, 0.3) is 0 Å². The Hall–Kier alpha value is -2.24. The maximum Gasteiger partial charge on any atom is 0.224 e. The summed E-state index contributed by atoms with van der Waals surface area (Å²) < 4.78 is 0. The molecule has 82 valence electrons. The van der Waals surface area contributed by atoms with Crippen LogP contribution in [0.4, 0.5) is 5.69 Å². The van der Waals surface area contributed by atoms with Crippen LogP contribution in [0.3, 0.4) is 0 Å². The van der Waals surface area contributed by atoms with Crippen molar-refractivity contribution < 1.29 is 4.79 Å². The molecule has 16 heavy (non-hydrogen) atoms. The first-order chi connectivity index (χ1) is 7.79. The van der Waals surface area contributed by atoms with Gasteiger partial charge in [0.05, 0.1) is 0 Å². The van der Waals surface area contributed by atoms with E-state index in [1.165, 1.54) is 0 Å². The van der Waals surface area contributed by atoms with E-state index in [9.17, 15) is 4.79 Å². The lowest BCUT2D eigenvalue weighted by Gasteiger charge is -2.03. The largest absolute Gasteiger partial charge is 0.326 e. The molecule has 0 unspecified atom stereocenters. The number of carbonyl (C=O) groups excluding carboxylic acids is 1. The summed E-state index contributed by atoms with van der Waals surface area (Å²) in [5, 5.41) is 16.4. The van der Waals surface area contributed by atoms with Gasteiger partial charge < -0.3 is 5.32 Å². The summed E-state index contributed by atoms with van der Waals surface area (Å²) in [5.41, 5.74) is 1.54. The maximum atomic E-state index is 11.2. The Morgan fingerprint density at radius 3 is 3.06 bits per heavy atom. The highest BCUT2D eigenvalue weighted by atomic mass is 16.1. The molecule has 2 rings (SSSR count). The number of nitrogens with zero attached hydrogens (tertiary/aromatic N) is 3. The van der Waals surface area contributed by atoms with E-state index >= 15 is 0 Å². The van der Waals surface area contributed by atoms with Crippen molar-refractivity contribution in [3.63, 3.8) is 0 Å². The van der Waals surface area contributed by atoms with Crippen LogP contribution in [0, 0.1) is 0 Å². The first-order valence-corrected chi connectivity index (χ1v) is 4.93. The molecule has 0 aliphatic heterocycles. The Labute approximate surface area is 92.1 Å². The molecule has 0 saturated heterocycles. The topological polar surface area (TPSA) is 83.6 Å². The van der Waals surface area contributed by atoms with Crippen molar-refractivity contribution in [1.29, 1.82) is 0 Å². The molecule has 0 saturated carbocycles. The first kappa shape index (κ1) is 10.3. The highest BCUT2D eigenvalue weighted by molar-refractivity contribution is 5.91. The van der Waals surface area contributed by atoms with Crippen LogP contribution in [0.15, 0.2) is 24.3 Å². The van der Waals surface area contributed by atoms with Gasteiger partial charge in [-0.2, -0.15) is 5.21 Å². The Kier molecular flexibility index (Phi) is 2.90. The minimum absolute atomic E-state index is 0.0229. The molecule has 1 amide bonds. The SMILES string of the molecule is CCC(=O)Nc1cccc(-c2nn[nH]n2)c1. The number of nitrogens with one attached hydrogen (secondary N) is 2. The van der Waals surface area contributed by atoms with Gasteiger partial charge >= 0.3 is 0 Å². The fourth-order valence-corrected chi connectivity index (χ4v) is 1.27. The van der Waals surface area contributed by atoms with Gasteiger partial charge in [-0.15, -0.1) is 10.2 Å². The number of aromatic nitrogens is 4. The predicted molar refractivity (Wildman–Crippen MR) is 58.5 cm³/mol. The van der Waals surface area contributed by atoms with Crippen LogP contribution < -0.4 is 5.32 Å². The molecule has 2 N–H and O–H groups in total. The fourth-order valence-electron chi connectivity index (χ4n) is 1.27. The third kappa shape index (κ3) is 2.22. The fraction of sp³-hybridized carbons (Fsp3) is 0.200. The number of H-pyrrole nitrogens is 1. The number of rotatable bonds is 3. The number of tetrazole rings is 1. The van der Waals surface area contributed by atoms with Gasteiger partial charge in [0.15, 0.2) is 0 Å². The highest BCUT2D eigenvalue weighted by Gasteiger charge is 2.04. The number of carbonyl (C=O) groups is 1. The number of amides is 1. The standard InChI is InChI=1S/C10H11N5O/c1-2-9(16)11-8-5-3-4-7(6-8)10-12-14-15-13-10/h3-6H,2H2,1H3,(H,11,16)(H,12,13,14,15). The highest BCUT2D eigenvalue weighted by Crippen LogP contribution is 2.18. The lowest BCUT2D eigenvalue weighted by Crippen LogP contribution is -2.09. The van der Waals surface area contributed by atoms with Crippen molar-refractivity contribution in [3.05, 3.63) is 24.3 Å². The van der Waals surface area contributed by atoms with E-state index in [0.29, 0.717) is 12.2 Å². The number of aromatic amines is 1. The average molecular weight is 217 g/mol. The van der Waals surface area contributed by atoms with Gasteiger partial charge in [0, 0.05) is 17.7 Å². The number of hydrogen-bond donors (Lipinski definition) is 2. The van der Waals surface area contributed by atoms with Crippen LogP contribution in [0.2, 0.25) is 0 Å². The summed E-state index contributed by atoms with van der Waals surface area (Å²) in [6, 6.07) is 7.30. The van der Waals surface area contributed by atoms with Gasteiger partial charge in [-0.25, -0.2) is 0 Å². The zero-order valence-corrected chi connectivity index (χ0v) is 8.77. The zero-order valence-electron chi connectivity index (χ0n) is 8.77. The van der Waals surface area contributed by atoms with Crippen LogP contribution in [0.5, 0.6) is 0 Å². The van der Waals surface area contributed by atoms with E-state index in [1.807, 2.05) is 18.2 Å². The lowest BCUT2D eigenvalue weighted by molar-refractivity contribution is -0.115. The summed E-state index contributed by atoms with van der Waals surface area (Å²) >= 11 is 0. The molecule has 0 spiro atoms. The third-order valence-corrected chi connectivity index (χ3v) is 2.07. The van der Waals surface area contributed by atoms with E-state index in [4.69, 9.17) is 0 Å². The second kappa shape index (κ2) is 4.52. The molecule has 0 aliphatic rings. The average Bonchev–Trinajstić information content (AvgIpc) is 2.83. The van der Waals surface area contributed by atoms with Crippen molar-refractivity contribution in [1.82, 2.24) is 20.6 Å². The summed E-state index contributed by atoms with van der Waals surface area (Å²) in [6.45, 7) is 1.80. The first-order valence-electron chi connectivity index (χ1n) is 4.93. The molecule has 1 aromatic heterocycles. The van der Waals surface area contributed by atoms with Crippen molar-refractivity contribution >= 4 is 11.6 Å². The van der Waals surface area contributed by atoms with Crippen molar-refractivity contribution in [2.75, 3.05) is 5.32 Å². The molecule has 1 aromatic carbocycles. The van der Waals surface area contributed by atoms with Gasteiger partial charge in [-0.1, -0.05) is 19.1 Å². The molecule has 6 nitrogen and oxygen atoms in total. The summed E-state index contributed by atoms with van der Waals surface area (Å²) in [6.07, 6.45) is 0.451. The van der Waals surface area contributed by atoms with Gasteiger partial charge in [-0.05, 0) is 17.3 Å². The Balaban J connectivity index is 2.23. The van der Waals surface area contributed by atoms with E-state index in [2.05, 4.69) is 25.9 Å². The van der Waals surface area contributed by atoms with E-state index < -0.39 is 0 Å². The normalized spacial score (nSPS) is 10.1. The van der Waals surface area contributed by atoms with Crippen molar-refractivity contribution in [2.24, 2.45) is 0 Å². The van der Waals surface area contributed by atoms with Gasteiger partial charge in [-0.3, -0.25) is 4.79 Å². The smallest absolute Gasteiger partial charge is 0.224 e. The maximum absolute atomic E-state index is 11.2. The Morgan fingerprint density at radius 1 is 1.50 bits per heavy atom. The van der Waals surface area contributed by atoms with Crippen LogP contribution in [-0.2, 0) is 4.79 Å². The second-order valence-electron chi connectivity index (χ2n) is 3.22. The van der Waals surface area contributed by atoms with Gasteiger partial charge in [0.1, 0.15) is 0 Å². The quantitative estimate of drug-likeness (QED) is 0.809. The Morgan fingerprint density at radius 2 is 2.38 bits per heavy atom. The summed E-state index contributed by atoms with van der Waals surface area (Å²) in [4.78, 5) is 11.2. The molecular weight excluding hydrogens is 206 g/mol. The van der Waals surface area contributed by atoms with Crippen LogP contribution in [0.25, 0.3) is 11.4 Å². The monoisotopic (exact) mass is 217 g/mol. The van der Waals surface area contributed by atoms with Crippen LogP contribution in [-0.4, -0.2) is 26.5 Å². The van der Waals surface area contributed by atoms with Crippen LogP contribution in [0.1, 0.15) is 13.3 Å². The molecule has 1 heterocycles. The Bertz CT molecular complexity index is 480. The van der Waals surface area contributed by atoms with E-state index in [0.717, 1.165) is 11.3 Å². The third-order valence-electron chi connectivity index (χ3n) is 2.07. The minimum atomic E-state index is -0.0229. The van der Waals surface area contributed by atoms with Gasteiger partial charge in [0.2, 0.25) is 11.7 Å². The second-order valence-corrected chi connectivity index (χ2v) is 3.22. The minimum Gasteiger partial charge on any atom is -0.326 e. The lowest BCUT2D eigenvalue weighted by atomic mass is 10.2. The predicted octanol–water partition coefficient (Wildman–Crippen LogP) is 1.22. The zero-order chi connectivity index (χ0) is 11.4. The van der Waals surface area contributed by atoms with Crippen molar-refractivity contribution in [3.8, 4) is 11.4 Å². The molecule has 0 aliphatic carbocycles. The summed E-state index contributed by atoms with van der Waals surface area (Å²) in [7, 11) is 0. The number of anilines is 1. The molecule has 2 aromatic rings. The summed E-state index contributed by atoms with van der Waals surface area (Å²) in [5.74, 6) is 0.484. The molecule has 0 atom stereocenters. The van der Waals surface area contributed by atoms with Crippen LogP contribution >= 0.6 is 0 Å². The molecular formula is C10H11N5O. The number of benzene rings is 1. The van der Waals surface area contributed by atoms with Crippen molar-refractivity contribution in [2.45, 2.75) is 13.3 Å².